The average molecular weight is 259 g/mol. The minimum atomic E-state index is 0. The number of hydrogen-bond donors (Lipinski definition) is 0. The molecule has 0 N–H and O–H groups in total. The van der Waals surface area contributed by atoms with E-state index in [1.54, 1.807) is 0 Å². The van der Waals surface area contributed by atoms with Crippen molar-refractivity contribution >= 4 is 0 Å². The standard InChI is InChI=1S/C10H15.C5H5.Ni/c1-6-7(2)9(4)10(5)8(6)3;1-2-4-5-3-1;/h1-5H3;1-5H;/q-1;-5;. The molecule has 2 aromatic rings. The Morgan fingerprint density at radius 2 is 0.938 bits per heavy atom. The molecule has 0 unspecified atom stereocenters. The molecule has 2 aromatic carbocycles. The van der Waals surface area contributed by atoms with Crippen LogP contribution in [0.1, 0.15) is 27.8 Å². The van der Waals surface area contributed by atoms with E-state index in [-0.39, 0.29) is 16.5 Å². The molecule has 0 amide bonds. The molecule has 16 heavy (non-hydrogen) atoms. The second kappa shape index (κ2) is 6.71. The SMILES string of the molecule is Cc1c(C)c(C)[c-](C)c1C.[Ni].[cH-]1[cH-][cH-][cH-][cH-]1. The molecule has 0 aromatic heterocycles. The molecule has 0 saturated heterocycles. The van der Waals surface area contributed by atoms with Crippen LogP contribution in [0.5, 0.6) is 0 Å². The van der Waals surface area contributed by atoms with Crippen LogP contribution in [0.3, 0.4) is 0 Å². The van der Waals surface area contributed by atoms with Gasteiger partial charge in [0.25, 0.3) is 0 Å². The topological polar surface area (TPSA) is 0 Å². The fourth-order valence-corrected chi connectivity index (χ4v) is 1.73. The van der Waals surface area contributed by atoms with Gasteiger partial charge in [-0.05, 0) is 0 Å². The molecule has 96 valence electrons. The van der Waals surface area contributed by atoms with E-state index in [2.05, 4.69) is 34.6 Å². The summed E-state index contributed by atoms with van der Waals surface area (Å²) in [5.74, 6) is 0. The van der Waals surface area contributed by atoms with Crippen molar-refractivity contribution < 1.29 is 16.5 Å². The maximum Gasteiger partial charge on any atom is 0 e. The summed E-state index contributed by atoms with van der Waals surface area (Å²) in [4.78, 5) is 0. The Morgan fingerprint density at radius 1 is 0.688 bits per heavy atom. The molecule has 0 aliphatic heterocycles. The molecule has 0 radical (unpaired) electrons. The maximum absolute atomic E-state index is 2.20. The zero-order chi connectivity index (χ0) is 11.4. The zero-order valence-corrected chi connectivity index (χ0v) is 11.7. The van der Waals surface area contributed by atoms with E-state index >= 15 is 0 Å². The van der Waals surface area contributed by atoms with Crippen molar-refractivity contribution in [1.29, 1.82) is 0 Å². The van der Waals surface area contributed by atoms with Crippen molar-refractivity contribution in [2.45, 2.75) is 34.6 Å². The molecule has 0 saturated carbocycles. The van der Waals surface area contributed by atoms with E-state index in [1.807, 2.05) is 30.3 Å². The van der Waals surface area contributed by atoms with E-state index in [4.69, 9.17) is 0 Å². The van der Waals surface area contributed by atoms with Gasteiger partial charge in [-0.15, -0.1) is 0 Å². The Hall–Kier alpha value is -0.806. The van der Waals surface area contributed by atoms with Gasteiger partial charge in [-0.1, -0.05) is 34.6 Å². The van der Waals surface area contributed by atoms with Crippen molar-refractivity contribution in [2.75, 3.05) is 0 Å². The Labute approximate surface area is 109 Å². The molecule has 0 bridgehead atoms. The first kappa shape index (κ1) is 15.2. The molecular formula is C15H20Ni-6. The molecule has 0 nitrogen and oxygen atoms in total. The Bertz CT molecular complexity index is 308. The predicted octanol–water partition coefficient (Wildman–Crippen LogP) is 4.35. The van der Waals surface area contributed by atoms with Crippen LogP contribution in [-0.4, -0.2) is 0 Å². The minimum Gasteiger partial charge on any atom is -0.748 e. The van der Waals surface area contributed by atoms with E-state index in [0.717, 1.165) is 0 Å². The maximum atomic E-state index is 2.20. The van der Waals surface area contributed by atoms with Crippen LogP contribution < -0.4 is 0 Å². The summed E-state index contributed by atoms with van der Waals surface area (Å²) in [5, 5.41) is 0. The summed E-state index contributed by atoms with van der Waals surface area (Å²) < 4.78 is 0. The Morgan fingerprint density at radius 3 is 1.06 bits per heavy atom. The molecule has 0 aliphatic carbocycles. The monoisotopic (exact) mass is 258 g/mol. The van der Waals surface area contributed by atoms with Gasteiger partial charge in [0, 0.05) is 16.5 Å². The van der Waals surface area contributed by atoms with Crippen molar-refractivity contribution in [3.8, 4) is 0 Å². The van der Waals surface area contributed by atoms with Gasteiger partial charge in [-0.2, -0.15) is 27.8 Å². The van der Waals surface area contributed by atoms with Crippen molar-refractivity contribution in [1.82, 2.24) is 0 Å². The van der Waals surface area contributed by atoms with Crippen LogP contribution in [0.15, 0.2) is 30.3 Å². The molecule has 2 rings (SSSR count). The predicted molar refractivity (Wildman–Crippen MR) is 67.8 cm³/mol. The van der Waals surface area contributed by atoms with Gasteiger partial charge < -0.3 is 30.3 Å². The quantitative estimate of drug-likeness (QED) is 0.487. The summed E-state index contributed by atoms with van der Waals surface area (Å²) in [6, 6.07) is 10.0. The van der Waals surface area contributed by atoms with Crippen LogP contribution >= 0.6 is 0 Å². The van der Waals surface area contributed by atoms with Crippen LogP contribution in [0.2, 0.25) is 0 Å². The first-order valence-corrected chi connectivity index (χ1v) is 5.42. The Balaban J connectivity index is 0.000000318. The van der Waals surface area contributed by atoms with Gasteiger partial charge in [0.1, 0.15) is 0 Å². The molecule has 0 aliphatic rings. The third-order valence-electron chi connectivity index (χ3n) is 3.37. The van der Waals surface area contributed by atoms with E-state index in [9.17, 15) is 0 Å². The first-order chi connectivity index (χ1) is 7.05. The fraction of sp³-hybridized carbons (Fsp3) is 0.333. The molecule has 0 heterocycles. The second-order valence-corrected chi connectivity index (χ2v) is 4.09. The first-order valence-electron chi connectivity index (χ1n) is 5.42. The molecule has 0 atom stereocenters. The van der Waals surface area contributed by atoms with Gasteiger partial charge in [0.2, 0.25) is 0 Å². The van der Waals surface area contributed by atoms with Crippen molar-refractivity contribution in [3.63, 3.8) is 0 Å². The smallest absolute Gasteiger partial charge is 0 e. The molecule has 0 spiro atoms. The van der Waals surface area contributed by atoms with Crippen molar-refractivity contribution in [3.05, 3.63) is 58.1 Å². The third kappa shape index (κ3) is 3.35. The van der Waals surface area contributed by atoms with Crippen LogP contribution in [0.4, 0.5) is 0 Å². The van der Waals surface area contributed by atoms with E-state index in [1.165, 1.54) is 27.8 Å². The second-order valence-electron chi connectivity index (χ2n) is 4.09. The fourth-order valence-electron chi connectivity index (χ4n) is 1.73. The normalized spacial score (nSPS) is 9.06. The van der Waals surface area contributed by atoms with Gasteiger partial charge >= 0.3 is 0 Å². The number of hydrogen-bond acceptors (Lipinski definition) is 0. The molecule has 1 heteroatoms. The van der Waals surface area contributed by atoms with E-state index in [0.29, 0.717) is 0 Å². The van der Waals surface area contributed by atoms with Crippen LogP contribution in [0, 0.1) is 34.6 Å². The number of rotatable bonds is 0. The van der Waals surface area contributed by atoms with Crippen LogP contribution in [0.25, 0.3) is 0 Å². The summed E-state index contributed by atoms with van der Waals surface area (Å²) >= 11 is 0. The van der Waals surface area contributed by atoms with Gasteiger partial charge in [0.15, 0.2) is 0 Å². The minimum absolute atomic E-state index is 0. The zero-order valence-electron chi connectivity index (χ0n) is 10.7. The van der Waals surface area contributed by atoms with E-state index < -0.39 is 0 Å². The molecule has 0 fully saturated rings. The van der Waals surface area contributed by atoms with Gasteiger partial charge in [0.05, 0.1) is 0 Å². The summed E-state index contributed by atoms with van der Waals surface area (Å²) in [6.07, 6.45) is 0. The van der Waals surface area contributed by atoms with Gasteiger partial charge in [-0.25, -0.2) is 0 Å². The summed E-state index contributed by atoms with van der Waals surface area (Å²) in [5.41, 5.74) is 7.34. The molecular weight excluding hydrogens is 239 g/mol. The van der Waals surface area contributed by atoms with Gasteiger partial charge in [-0.3, -0.25) is 0 Å². The summed E-state index contributed by atoms with van der Waals surface area (Å²) in [7, 11) is 0. The largest absolute Gasteiger partial charge is 0.748 e. The van der Waals surface area contributed by atoms with Crippen LogP contribution in [-0.2, 0) is 16.5 Å². The third-order valence-corrected chi connectivity index (χ3v) is 3.37. The Kier molecular flexibility index (Phi) is 6.37. The summed E-state index contributed by atoms with van der Waals surface area (Å²) in [6.45, 7) is 11.0. The average Bonchev–Trinajstić information content (AvgIpc) is 2.86. The van der Waals surface area contributed by atoms with Crippen molar-refractivity contribution in [2.24, 2.45) is 0 Å².